The molecular weight excluding hydrogens is 280 g/mol. The van der Waals surface area contributed by atoms with Gasteiger partial charge in [-0.2, -0.15) is 5.10 Å². The second-order valence-electron chi connectivity index (χ2n) is 6.34. The molecule has 2 aliphatic rings. The molecule has 22 heavy (non-hydrogen) atoms. The van der Waals surface area contributed by atoms with Gasteiger partial charge in [-0.05, 0) is 32.3 Å². The minimum atomic E-state index is -0.108. The maximum Gasteiger partial charge on any atom is 0.269 e. The van der Waals surface area contributed by atoms with Crippen LogP contribution in [0.1, 0.15) is 41.9 Å². The van der Waals surface area contributed by atoms with E-state index >= 15 is 0 Å². The number of rotatable bonds is 3. The quantitative estimate of drug-likeness (QED) is 0.917. The highest BCUT2D eigenvalue weighted by Crippen LogP contribution is 2.46. The van der Waals surface area contributed by atoms with Crippen molar-refractivity contribution < 1.29 is 9.59 Å². The fourth-order valence-corrected chi connectivity index (χ4v) is 3.65. The van der Waals surface area contributed by atoms with Crippen LogP contribution >= 0.6 is 0 Å². The number of nitrogens with zero attached hydrogens (tertiary/aromatic N) is 3. The second kappa shape index (κ2) is 5.26. The number of likely N-dealkylation sites (tertiary alicyclic amines) is 1. The first kappa shape index (κ1) is 14.8. The van der Waals surface area contributed by atoms with Gasteiger partial charge in [-0.3, -0.25) is 14.3 Å². The highest BCUT2D eigenvalue weighted by atomic mass is 16.2. The van der Waals surface area contributed by atoms with E-state index in [2.05, 4.69) is 16.5 Å². The molecule has 1 aliphatic carbocycles. The number of hydrogen-bond donors (Lipinski definition) is 1. The van der Waals surface area contributed by atoms with Crippen LogP contribution in [0.25, 0.3) is 0 Å². The van der Waals surface area contributed by atoms with Crippen LogP contribution in [0.3, 0.4) is 0 Å². The van der Waals surface area contributed by atoms with Gasteiger partial charge in [0.15, 0.2) is 0 Å². The molecule has 1 fully saturated rings. The number of hydrogen-bond acceptors (Lipinski definition) is 3. The zero-order valence-corrected chi connectivity index (χ0v) is 13.3. The van der Waals surface area contributed by atoms with Crippen molar-refractivity contribution in [2.24, 2.45) is 12.5 Å². The van der Waals surface area contributed by atoms with Crippen molar-refractivity contribution in [3.8, 4) is 0 Å². The SMILES string of the molecule is Cc1cc(C(=O)NCC23CCC=C2N(C)C(=O)CC3)n(C)n1. The first-order valence-electron chi connectivity index (χ1n) is 7.69. The van der Waals surface area contributed by atoms with Gasteiger partial charge in [0, 0.05) is 38.2 Å². The zero-order chi connectivity index (χ0) is 15.9. The monoisotopic (exact) mass is 302 g/mol. The number of piperidine rings is 1. The minimum absolute atomic E-state index is 0.0913. The third-order valence-electron chi connectivity index (χ3n) is 4.88. The largest absolute Gasteiger partial charge is 0.350 e. The summed E-state index contributed by atoms with van der Waals surface area (Å²) in [6.45, 7) is 2.44. The summed E-state index contributed by atoms with van der Waals surface area (Å²) in [7, 11) is 3.61. The van der Waals surface area contributed by atoms with Crippen LogP contribution in [0.4, 0.5) is 0 Å². The maximum atomic E-state index is 12.4. The van der Waals surface area contributed by atoms with Crippen molar-refractivity contribution in [2.45, 2.75) is 32.6 Å². The predicted molar refractivity (Wildman–Crippen MR) is 82.0 cm³/mol. The lowest BCUT2D eigenvalue weighted by molar-refractivity contribution is -0.131. The molecule has 0 aromatic carbocycles. The molecule has 1 aromatic heterocycles. The Morgan fingerprint density at radius 3 is 2.86 bits per heavy atom. The van der Waals surface area contributed by atoms with Crippen LogP contribution in [-0.2, 0) is 11.8 Å². The Morgan fingerprint density at radius 2 is 2.18 bits per heavy atom. The number of carbonyl (C=O) groups excluding carboxylic acids is 2. The summed E-state index contributed by atoms with van der Waals surface area (Å²) in [5, 5.41) is 7.25. The molecule has 0 saturated carbocycles. The third kappa shape index (κ3) is 2.32. The second-order valence-corrected chi connectivity index (χ2v) is 6.34. The van der Waals surface area contributed by atoms with E-state index in [0.717, 1.165) is 30.7 Å². The minimum Gasteiger partial charge on any atom is -0.350 e. The highest BCUT2D eigenvalue weighted by Gasteiger charge is 2.44. The summed E-state index contributed by atoms with van der Waals surface area (Å²) in [4.78, 5) is 26.0. The summed E-state index contributed by atoms with van der Waals surface area (Å²) < 4.78 is 1.60. The summed E-state index contributed by atoms with van der Waals surface area (Å²) in [5.74, 6) is 0.0561. The summed E-state index contributed by atoms with van der Waals surface area (Å²) in [6, 6.07) is 1.79. The average Bonchev–Trinajstić information content (AvgIpc) is 3.05. The Labute approximate surface area is 130 Å². The molecule has 118 valence electrons. The van der Waals surface area contributed by atoms with Crippen LogP contribution in [0.5, 0.6) is 0 Å². The lowest BCUT2D eigenvalue weighted by Crippen LogP contribution is -2.46. The molecule has 1 unspecified atom stereocenters. The molecule has 0 spiro atoms. The zero-order valence-electron chi connectivity index (χ0n) is 13.3. The van der Waals surface area contributed by atoms with Crippen LogP contribution in [-0.4, -0.2) is 40.1 Å². The van der Waals surface area contributed by atoms with Crippen LogP contribution < -0.4 is 5.32 Å². The van der Waals surface area contributed by atoms with Gasteiger partial charge in [-0.25, -0.2) is 0 Å². The Hall–Kier alpha value is -2.11. The van der Waals surface area contributed by atoms with Crippen molar-refractivity contribution >= 4 is 11.8 Å². The molecule has 1 atom stereocenters. The van der Waals surface area contributed by atoms with Crippen molar-refractivity contribution in [1.29, 1.82) is 0 Å². The first-order chi connectivity index (χ1) is 10.4. The number of amides is 2. The van der Waals surface area contributed by atoms with Gasteiger partial charge in [0.05, 0.1) is 5.69 Å². The van der Waals surface area contributed by atoms with Gasteiger partial charge >= 0.3 is 0 Å². The molecule has 1 aromatic rings. The fraction of sp³-hybridized carbons (Fsp3) is 0.562. The normalized spacial score (nSPS) is 24.2. The molecule has 1 N–H and O–H groups in total. The van der Waals surface area contributed by atoms with Crippen molar-refractivity contribution in [1.82, 2.24) is 20.0 Å². The van der Waals surface area contributed by atoms with Gasteiger partial charge in [-0.15, -0.1) is 0 Å². The van der Waals surface area contributed by atoms with Crippen molar-refractivity contribution in [2.75, 3.05) is 13.6 Å². The third-order valence-corrected chi connectivity index (χ3v) is 4.88. The van der Waals surface area contributed by atoms with E-state index < -0.39 is 0 Å². The van der Waals surface area contributed by atoms with E-state index in [1.54, 1.807) is 22.7 Å². The van der Waals surface area contributed by atoms with E-state index in [-0.39, 0.29) is 17.2 Å². The molecule has 0 radical (unpaired) electrons. The maximum absolute atomic E-state index is 12.4. The Morgan fingerprint density at radius 1 is 1.41 bits per heavy atom. The Balaban J connectivity index is 1.73. The molecule has 1 aliphatic heterocycles. The smallest absolute Gasteiger partial charge is 0.269 e. The molecule has 1 saturated heterocycles. The molecule has 2 amide bonds. The van der Waals surface area contributed by atoms with E-state index in [1.165, 1.54) is 0 Å². The summed E-state index contributed by atoms with van der Waals surface area (Å²) in [6.07, 6.45) is 5.46. The number of aryl methyl sites for hydroxylation is 2. The number of nitrogens with one attached hydrogen (secondary N) is 1. The number of aromatic nitrogens is 2. The number of carbonyl (C=O) groups is 2. The molecule has 3 rings (SSSR count). The molecule has 2 heterocycles. The molecule has 6 nitrogen and oxygen atoms in total. The van der Waals surface area contributed by atoms with E-state index in [1.807, 2.05) is 14.0 Å². The summed E-state index contributed by atoms with van der Waals surface area (Å²) in [5.41, 5.74) is 2.38. The summed E-state index contributed by atoms with van der Waals surface area (Å²) >= 11 is 0. The Kier molecular flexibility index (Phi) is 3.54. The first-order valence-corrected chi connectivity index (χ1v) is 7.69. The van der Waals surface area contributed by atoms with Crippen LogP contribution in [0.2, 0.25) is 0 Å². The topological polar surface area (TPSA) is 67.2 Å². The van der Waals surface area contributed by atoms with Gasteiger partial charge in [-0.1, -0.05) is 6.08 Å². The molecule has 0 bridgehead atoms. The molecular formula is C16H22N4O2. The Bertz CT molecular complexity index is 661. The van der Waals surface area contributed by atoms with Crippen molar-refractivity contribution in [3.05, 3.63) is 29.2 Å². The average molecular weight is 302 g/mol. The van der Waals surface area contributed by atoms with Crippen LogP contribution in [0.15, 0.2) is 17.8 Å². The molecule has 6 heteroatoms. The highest BCUT2D eigenvalue weighted by molar-refractivity contribution is 5.92. The lowest BCUT2D eigenvalue weighted by Gasteiger charge is -2.41. The van der Waals surface area contributed by atoms with Gasteiger partial charge in [0.1, 0.15) is 5.69 Å². The number of fused-ring (bicyclic) bond motifs is 1. The standard InChI is InChI=1S/C16H22N4O2/c1-11-9-12(20(3)18-11)15(22)17-10-16-7-4-5-13(16)19(2)14(21)6-8-16/h5,9H,4,6-8,10H2,1-3H3,(H,17,22). The van der Waals surface area contributed by atoms with E-state index in [4.69, 9.17) is 0 Å². The predicted octanol–water partition coefficient (Wildman–Crippen LogP) is 1.37. The number of allylic oxidation sites excluding steroid dienone is 1. The van der Waals surface area contributed by atoms with Crippen molar-refractivity contribution in [3.63, 3.8) is 0 Å². The van der Waals surface area contributed by atoms with Gasteiger partial charge < -0.3 is 10.2 Å². The van der Waals surface area contributed by atoms with E-state index in [0.29, 0.717) is 18.7 Å². The van der Waals surface area contributed by atoms with Gasteiger partial charge in [0.25, 0.3) is 5.91 Å². The van der Waals surface area contributed by atoms with Gasteiger partial charge in [0.2, 0.25) is 5.91 Å². The fourth-order valence-electron chi connectivity index (χ4n) is 3.65. The van der Waals surface area contributed by atoms with Crippen LogP contribution in [0, 0.1) is 12.3 Å². The van der Waals surface area contributed by atoms with E-state index in [9.17, 15) is 9.59 Å². The lowest BCUT2D eigenvalue weighted by atomic mass is 9.77.